The lowest BCUT2D eigenvalue weighted by Crippen LogP contribution is -2.44. The molecule has 0 unspecified atom stereocenters. The first-order valence-electron chi connectivity index (χ1n) is 10.1. The molecule has 0 bridgehead atoms. The molecule has 6 nitrogen and oxygen atoms in total. The van der Waals surface area contributed by atoms with Gasteiger partial charge in [-0.05, 0) is 62.1 Å². The lowest BCUT2D eigenvalue weighted by Gasteiger charge is -2.28. The minimum atomic E-state index is -0.0487. The summed E-state index contributed by atoms with van der Waals surface area (Å²) in [5.74, 6) is 2.34. The third kappa shape index (κ3) is 6.77. The molecule has 0 spiro atoms. The van der Waals surface area contributed by atoms with Crippen LogP contribution in [0.15, 0.2) is 29.3 Å². The molecule has 2 aliphatic rings. The van der Waals surface area contributed by atoms with Gasteiger partial charge in [-0.1, -0.05) is 19.1 Å². The predicted molar refractivity (Wildman–Crippen MR) is 108 cm³/mol. The summed E-state index contributed by atoms with van der Waals surface area (Å²) in [5, 5.41) is 9.83. The molecule has 1 aromatic carbocycles. The number of benzene rings is 1. The van der Waals surface area contributed by atoms with E-state index in [-0.39, 0.29) is 12.5 Å². The van der Waals surface area contributed by atoms with Crippen molar-refractivity contribution in [3.63, 3.8) is 0 Å². The number of aliphatic imine (C=N–C) groups is 1. The first kappa shape index (κ1) is 19.5. The minimum absolute atomic E-state index is 0.0487. The summed E-state index contributed by atoms with van der Waals surface area (Å²) in [5.41, 5.74) is 1.09. The standard InChI is InChI=1S/C21H32N4O2/c1-15-6-8-18(9-7-15)25-21(22-2)23-13-16-4-3-5-19(12-16)27-14-20(26)24-17-10-11-17/h3-5,12,15,17-18H,6-11,13-14H2,1-2H3,(H,24,26)(H2,22,23,25). The molecule has 2 aliphatic carbocycles. The highest BCUT2D eigenvalue weighted by Crippen LogP contribution is 2.23. The van der Waals surface area contributed by atoms with E-state index in [0.717, 1.165) is 30.3 Å². The van der Waals surface area contributed by atoms with E-state index in [1.165, 1.54) is 25.7 Å². The summed E-state index contributed by atoms with van der Waals surface area (Å²) in [7, 11) is 1.80. The third-order valence-electron chi connectivity index (χ3n) is 5.25. The Bertz CT molecular complexity index is 649. The topological polar surface area (TPSA) is 74.8 Å². The van der Waals surface area contributed by atoms with Crippen LogP contribution in [-0.4, -0.2) is 37.6 Å². The number of rotatable bonds is 7. The van der Waals surface area contributed by atoms with Crippen LogP contribution in [-0.2, 0) is 11.3 Å². The van der Waals surface area contributed by atoms with E-state index >= 15 is 0 Å². The quantitative estimate of drug-likeness (QED) is 0.508. The van der Waals surface area contributed by atoms with Gasteiger partial charge in [0.25, 0.3) is 5.91 Å². The Morgan fingerprint density at radius 2 is 1.81 bits per heavy atom. The Hall–Kier alpha value is -2.24. The molecular formula is C21H32N4O2. The monoisotopic (exact) mass is 372 g/mol. The van der Waals surface area contributed by atoms with Crippen molar-refractivity contribution in [1.82, 2.24) is 16.0 Å². The fourth-order valence-corrected chi connectivity index (χ4v) is 3.37. The highest BCUT2D eigenvalue weighted by Gasteiger charge is 2.23. The minimum Gasteiger partial charge on any atom is -0.484 e. The molecule has 0 aliphatic heterocycles. The second kappa shape index (κ2) is 9.62. The van der Waals surface area contributed by atoms with E-state index in [4.69, 9.17) is 4.74 Å². The van der Waals surface area contributed by atoms with E-state index in [0.29, 0.717) is 24.4 Å². The largest absolute Gasteiger partial charge is 0.484 e. The average molecular weight is 373 g/mol. The molecule has 148 valence electrons. The first-order valence-corrected chi connectivity index (χ1v) is 10.1. The number of nitrogens with zero attached hydrogens (tertiary/aromatic N) is 1. The van der Waals surface area contributed by atoms with Crippen molar-refractivity contribution in [1.29, 1.82) is 0 Å². The second-order valence-electron chi connectivity index (χ2n) is 7.80. The molecule has 3 rings (SSSR count). The maximum atomic E-state index is 11.7. The van der Waals surface area contributed by atoms with Gasteiger partial charge in [-0.15, -0.1) is 0 Å². The van der Waals surface area contributed by atoms with Crippen molar-refractivity contribution < 1.29 is 9.53 Å². The average Bonchev–Trinajstić information content (AvgIpc) is 3.49. The Morgan fingerprint density at radius 3 is 2.52 bits per heavy atom. The molecule has 2 fully saturated rings. The fraction of sp³-hybridized carbons (Fsp3) is 0.619. The first-order chi connectivity index (χ1) is 13.1. The van der Waals surface area contributed by atoms with Gasteiger partial charge >= 0.3 is 0 Å². The zero-order valence-corrected chi connectivity index (χ0v) is 16.5. The summed E-state index contributed by atoms with van der Waals surface area (Å²) in [4.78, 5) is 16.1. The van der Waals surface area contributed by atoms with Crippen LogP contribution < -0.4 is 20.7 Å². The van der Waals surface area contributed by atoms with Crippen molar-refractivity contribution in [2.24, 2.45) is 10.9 Å². The molecule has 1 aromatic rings. The van der Waals surface area contributed by atoms with Crippen LogP contribution in [0.1, 0.15) is 51.0 Å². The predicted octanol–water partition coefficient (Wildman–Crippen LogP) is 2.59. The van der Waals surface area contributed by atoms with Gasteiger partial charge in [-0.2, -0.15) is 0 Å². The number of guanidine groups is 1. The third-order valence-corrected chi connectivity index (χ3v) is 5.25. The fourth-order valence-electron chi connectivity index (χ4n) is 3.37. The Kier molecular flexibility index (Phi) is 6.96. The molecule has 2 saturated carbocycles. The van der Waals surface area contributed by atoms with Gasteiger partial charge in [0.15, 0.2) is 12.6 Å². The zero-order valence-electron chi connectivity index (χ0n) is 16.5. The molecule has 1 amide bonds. The van der Waals surface area contributed by atoms with Gasteiger partial charge in [0, 0.05) is 25.7 Å². The molecule has 0 heterocycles. The smallest absolute Gasteiger partial charge is 0.258 e. The zero-order chi connectivity index (χ0) is 19.1. The summed E-state index contributed by atoms with van der Waals surface area (Å²) in [6, 6.07) is 8.70. The van der Waals surface area contributed by atoms with E-state index in [9.17, 15) is 4.79 Å². The number of hydrogen-bond acceptors (Lipinski definition) is 3. The van der Waals surface area contributed by atoms with E-state index in [1.807, 2.05) is 24.3 Å². The molecule has 6 heteroatoms. The van der Waals surface area contributed by atoms with Gasteiger partial charge in [0.05, 0.1) is 0 Å². The van der Waals surface area contributed by atoms with Crippen LogP contribution in [0.4, 0.5) is 0 Å². The molecular weight excluding hydrogens is 340 g/mol. The number of nitrogens with one attached hydrogen (secondary N) is 3. The van der Waals surface area contributed by atoms with Crippen LogP contribution >= 0.6 is 0 Å². The van der Waals surface area contributed by atoms with Crippen molar-refractivity contribution in [2.75, 3.05) is 13.7 Å². The molecule has 0 atom stereocenters. The number of ether oxygens (including phenoxy) is 1. The van der Waals surface area contributed by atoms with Gasteiger partial charge in [-0.25, -0.2) is 0 Å². The van der Waals surface area contributed by atoms with Gasteiger partial charge < -0.3 is 20.7 Å². The number of carbonyl (C=O) groups is 1. The van der Waals surface area contributed by atoms with E-state index < -0.39 is 0 Å². The van der Waals surface area contributed by atoms with Crippen molar-refractivity contribution in [2.45, 2.75) is 64.1 Å². The van der Waals surface area contributed by atoms with Gasteiger partial charge in [0.1, 0.15) is 5.75 Å². The van der Waals surface area contributed by atoms with Crippen LogP contribution in [0, 0.1) is 5.92 Å². The van der Waals surface area contributed by atoms with Gasteiger partial charge in [-0.3, -0.25) is 9.79 Å². The Balaban J connectivity index is 1.43. The van der Waals surface area contributed by atoms with Crippen molar-refractivity contribution >= 4 is 11.9 Å². The molecule has 0 radical (unpaired) electrons. The number of amides is 1. The van der Waals surface area contributed by atoms with E-state index in [1.54, 1.807) is 7.05 Å². The highest BCUT2D eigenvalue weighted by atomic mass is 16.5. The maximum Gasteiger partial charge on any atom is 0.258 e. The molecule has 3 N–H and O–H groups in total. The van der Waals surface area contributed by atoms with Crippen LogP contribution in [0.5, 0.6) is 5.75 Å². The molecule has 0 saturated heterocycles. The maximum absolute atomic E-state index is 11.7. The summed E-state index contributed by atoms with van der Waals surface area (Å²) >= 11 is 0. The Morgan fingerprint density at radius 1 is 1.11 bits per heavy atom. The van der Waals surface area contributed by atoms with Crippen LogP contribution in [0.25, 0.3) is 0 Å². The SMILES string of the molecule is CN=C(NCc1cccc(OCC(=O)NC2CC2)c1)NC1CCC(C)CC1. The summed E-state index contributed by atoms with van der Waals surface area (Å²) in [6.07, 6.45) is 7.14. The number of hydrogen-bond donors (Lipinski definition) is 3. The normalized spacial score (nSPS) is 22.8. The summed E-state index contributed by atoms with van der Waals surface area (Å²) in [6.45, 7) is 3.05. The Labute approximate surface area is 162 Å². The highest BCUT2D eigenvalue weighted by molar-refractivity contribution is 5.80. The second-order valence-corrected chi connectivity index (χ2v) is 7.80. The van der Waals surface area contributed by atoms with Crippen molar-refractivity contribution in [3.8, 4) is 5.75 Å². The van der Waals surface area contributed by atoms with Crippen LogP contribution in [0.3, 0.4) is 0 Å². The van der Waals surface area contributed by atoms with Gasteiger partial charge in [0.2, 0.25) is 0 Å². The number of carbonyl (C=O) groups excluding carboxylic acids is 1. The lowest BCUT2D eigenvalue weighted by molar-refractivity contribution is -0.123. The molecule has 27 heavy (non-hydrogen) atoms. The summed E-state index contributed by atoms with van der Waals surface area (Å²) < 4.78 is 5.62. The lowest BCUT2D eigenvalue weighted by atomic mass is 9.87. The molecule has 0 aromatic heterocycles. The van der Waals surface area contributed by atoms with Crippen LogP contribution in [0.2, 0.25) is 0 Å². The van der Waals surface area contributed by atoms with Crippen molar-refractivity contribution in [3.05, 3.63) is 29.8 Å². The van der Waals surface area contributed by atoms with E-state index in [2.05, 4.69) is 27.9 Å².